The number of carbonyl (C=O) groups is 2. The number of benzene rings is 2. The Morgan fingerprint density at radius 1 is 1.12 bits per heavy atom. The molecule has 3 aromatic rings. The number of amides is 2. The fourth-order valence-corrected chi connectivity index (χ4v) is 3.83. The minimum absolute atomic E-state index is 0.000397. The topological polar surface area (TPSA) is 83.6 Å². The van der Waals surface area contributed by atoms with Crippen molar-refractivity contribution in [3.05, 3.63) is 95.3 Å². The molecule has 7 heteroatoms. The molecule has 0 spiro atoms. The number of fused-ring (bicyclic) bond motifs is 1. The summed E-state index contributed by atoms with van der Waals surface area (Å²) >= 11 is 0. The van der Waals surface area contributed by atoms with Crippen LogP contribution in [0.3, 0.4) is 0 Å². The summed E-state index contributed by atoms with van der Waals surface area (Å²) in [6, 6.07) is 18.7. The zero-order valence-electron chi connectivity index (χ0n) is 18.0. The van der Waals surface area contributed by atoms with Crippen molar-refractivity contribution in [2.24, 2.45) is 0 Å². The normalized spacial score (nSPS) is 14.8. The zero-order chi connectivity index (χ0) is 22.3. The first-order valence-corrected chi connectivity index (χ1v) is 10.6. The van der Waals surface area contributed by atoms with Crippen LogP contribution in [0, 0.1) is 0 Å². The van der Waals surface area contributed by atoms with Crippen LogP contribution in [0.1, 0.15) is 44.4 Å². The predicted octanol–water partition coefficient (Wildman–Crippen LogP) is 3.61. The lowest BCUT2D eigenvalue weighted by molar-refractivity contribution is 0.0721. The SMILES string of the molecule is COCCCN1C(=O)c2ccccc2C1Nc1cccc(C(=O)NCc2cccnc2)c1. The Morgan fingerprint density at radius 3 is 2.81 bits per heavy atom. The van der Waals surface area contributed by atoms with E-state index in [0.717, 1.165) is 23.2 Å². The van der Waals surface area contributed by atoms with Gasteiger partial charge in [-0.25, -0.2) is 0 Å². The van der Waals surface area contributed by atoms with E-state index in [-0.39, 0.29) is 18.0 Å². The van der Waals surface area contributed by atoms with Crippen LogP contribution < -0.4 is 10.6 Å². The first kappa shape index (κ1) is 21.5. The van der Waals surface area contributed by atoms with Gasteiger partial charge in [-0.1, -0.05) is 30.3 Å². The maximum atomic E-state index is 13.0. The summed E-state index contributed by atoms with van der Waals surface area (Å²) in [4.78, 5) is 31.5. The highest BCUT2D eigenvalue weighted by Gasteiger charge is 2.36. The van der Waals surface area contributed by atoms with Crippen molar-refractivity contribution < 1.29 is 14.3 Å². The predicted molar refractivity (Wildman–Crippen MR) is 122 cm³/mol. The van der Waals surface area contributed by atoms with Gasteiger partial charge in [0.1, 0.15) is 6.17 Å². The molecule has 1 aromatic heterocycles. The summed E-state index contributed by atoms with van der Waals surface area (Å²) in [5.41, 5.74) is 3.88. The Hall–Kier alpha value is -3.71. The van der Waals surface area contributed by atoms with Gasteiger partial charge in [-0.2, -0.15) is 0 Å². The van der Waals surface area contributed by atoms with E-state index in [0.29, 0.717) is 30.8 Å². The lowest BCUT2D eigenvalue weighted by Gasteiger charge is -2.27. The molecule has 0 bridgehead atoms. The van der Waals surface area contributed by atoms with Gasteiger partial charge in [-0.15, -0.1) is 0 Å². The average Bonchev–Trinajstić information content (AvgIpc) is 3.10. The first-order valence-electron chi connectivity index (χ1n) is 10.6. The second-order valence-electron chi connectivity index (χ2n) is 7.60. The van der Waals surface area contributed by atoms with Gasteiger partial charge in [0, 0.05) is 61.6 Å². The summed E-state index contributed by atoms with van der Waals surface area (Å²) in [7, 11) is 1.65. The molecule has 1 aliphatic heterocycles. The third-order valence-corrected chi connectivity index (χ3v) is 5.41. The molecule has 0 saturated heterocycles. The number of ether oxygens (including phenoxy) is 1. The number of aromatic nitrogens is 1. The van der Waals surface area contributed by atoms with Crippen molar-refractivity contribution >= 4 is 17.5 Å². The molecule has 1 aliphatic rings. The summed E-state index contributed by atoms with van der Waals surface area (Å²) in [6.45, 7) is 1.56. The van der Waals surface area contributed by atoms with Crippen LogP contribution in [0.25, 0.3) is 0 Å². The van der Waals surface area contributed by atoms with Gasteiger partial charge in [0.15, 0.2) is 0 Å². The standard InChI is InChI=1S/C25H26N4O3/c1-32-14-6-13-29-23(21-10-2-3-11-22(21)25(29)31)28-20-9-4-8-19(15-20)24(30)27-17-18-7-5-12-26-16-18/h2-5,7-12,15-16,23,28H,6,13-14,17H2,1H3,(H,27,30). The van der Waals surface area contributed by atoms with E-state index >= 15 is 0 Å². The van der Waals surface area contributed by atoms with Gasteiger partial charge in [0.2, 0.25) is 0 Å². The maximum absolute atomic E-state index is 13.0. The minimum Gasteiger partial charge on any atom is -0.385 e. The van der Waals surface area contributed by atoms with Gasteiger partial charge >= 0.3 is 0 Å². The van der Waals surface area contributed by atoms with Gasteiger partial charge in [-0.05, 0) is 42.3 Å². The average molecular weight is 431 g/mol. The molecule has 0 saturated carbocycles. The smallest absolute Gasteiger partial charge is 0.256 e. The summed E-state index contributed by atoms with van der Waals surface area (Å²) in [5, 5.41) is 6.36. The van der Waals surface area contributed by atoms with Crippen molar-refractivity contribution in [1.29, 1.82) is 0 Å². The van der Waals surface area contributed by atoms with Gasteiger partial charge in [0.05, 0.1) is 0 Å². The molecule has 0 fully saturated rings. The molecular formula is C25H26N4O3. The van der Waals surface area contributed by atoms with Crippen molar-refractivity contribution in [2.75, 3.05) is 25.6 Å². The van der Waals surface area contributed by atoms with Crippen LogP contribution in [-0.4, -0.2) is 42.0 Å². The van der Waals surface area contributed by atoms with Crippen LogP contribution in [0.4, 0.5) is 5.69 Å². The Morgan fingerprint density at radius 2 is 2.00 bits per heavy atom. The molecule has 2 aromatic carbocycles. The molecule has 4 rings (SSSR count). The fraction of sp³-hybridized carbons (Fsp3) is 0.240. The van der Waals surface area contributed by atoms with E-state index < -0.39 is 0 Å². The van der Waals surface area contributed by atoms with Crippen LogP contribution in [0.5, 0.6) is 0 Å². The lowest BCUT2D eigenvalue weighted by atomic mass is 10.1. The van der Waals surface area contributed by atoms with E-state index in [4.69, 9.17) is 4.74 Å². The van der Waals surface area contributed by atoms with E-state index in [1.54, 1.807) is 31.6 Å². The third kappa shape index (κ3) is 4.78. The molecule has 164 valence electrons. The molecule has 7 nitrogen and oxygen atoms in total. The van der Waals surface area contributed by atoms with Crippen LogP contribution in [0.2, 0.25) is 0 Å². The maximum Gasteiger partial charge on any atom is 0.256 e. The molecule has 0 radical (unpaired) electrons. The van der Waals surface area contributed by atoms with Gasteiger partial charge < -0.3 is 20.3 Å². The van der Waals surface area contributed by atoms with E-state index in [2.05, 4.69) is 15.6 Å². The first-order chi connectivity index (χ1) is 15.7. The molecule has 32 heavy (non-hydrogen) atoms. The van der Waals surface area contributed by atoms with Crippen molar-refractivity contribution in [3.63, 3.8) is 0 Å². The number of methoxy groups -OCH3 is 1. The number of hydrogen-bond acceptors (Lipinski definition) is 5. The molecular weight excluding hydrogens is 404 g/mol. The minimum atomic E-state index is -0.302. The largest absolute Gasteiger partial charge is 0.385 e. The monoisotopic (exact) mass is 430 g/mol. The van der Waals surface area contributed by atoms with Gasteiger partial charge in [0.25, 0.3) is 11.8 Å². The second-order valence-corrected chi connectivity index (χ2v) is 7.60. The molecule has 2 amide bonds. The molecule has 1 atom stereocenters. The summed E-state index contributed by atoms with van der Waals surface area (Å²) < 4.78 is 5.16. The Bertz CT molecular complexity index is 1090. The van der Waals surface area contributed by atoms with Crippen LogP contribution in [-0.2, 0) is 11.3 Å². The van der Waals surface area contributed by atoms with Crippen molar-refractivity contribution in [1.82, 2.24) is 15.2 Å². The van der Waals surface area contributed by atoms with Crippen molar-refractivity contribution in [2.45, 2.75) is 19.1 Å². The molecule has 2 heterocycles. The number of anilines is 1. The highest BCUT2D eigenvalue weighted by molar-refractivity contribution is 5.99. The van der Waals surface area contributed by atoms with Crippen molar-refractivity contribution in [3.8, 4) is 0 Å². The highest BCUT2D eigenvalue weighted by atomic mass is 16.5. The van der Waals surface area contributed by atoms with Crippen LogP contribution >= 0.6 is 0 Å². The van der Waals surface area contributed by atoms with E-state index in [9.17, 15) is 9.59 Å². The number of nitrogens with one attached hydrogen (secondary N) is 2. The number of carbonyl (C=O) groups excluding carboxylic acids is 2. The number of hydrogen-bond donors (Lipinski definition) is 2. The Labute approximate surface area is 187 Å². The third-order valence-electron chi connectivity index (χ3n) is 5.41. The molecule has 0 aliphatic carbocycles. The number of rotatable bonds is 9. The molecule has 2 N–H and O–H groups in total. The van der Waals surface area contributed by atoms with E-state index in [1.807, 2.05) is 53.4 Å². The summed E-state index contributed by atoms with van der Waals surface area (Å²) in [5.74, 6) is -0.170. The summed E-state index contributed by atoms with van der Waals surface area (Å²) in [6.07, 6.45) is 3.87. The number of pyridine rings is 1. The highest BCUT2D eigenvalue weighted by Crippen LogP contribution is 2.34. The Balaban J connectivity index is 1.49. The van der Waals surface area contributed by atoms with Gasteiger partial charge in [-0.3, -0.25) is 14.6 Å². The quantitative estimate of drug-likeness (QED) is 0.507. The zero-order valence-corrected chi connectivity index (χ0v) is 18.0. The number of nitrogens with zero attached hydrogens (tertiary/aromatic N) is 2. The fourth-order valence-electron chi connectivity index (χ4n) is 3.83. The van der Waals surface area contributed by atoms with E-state index in [1.165, 1.54) is 0 Å². The second kappa shape index (κ2) is 10.1. The van der Waals surface area contributed by atoms with Crippen LogP contribution in [0.15, 0.2) is 73.1 Å². The molecule has 1 unspecified atom stereocenters. The Kier molecular flexibility index (Phi) is 6.77. The lowest BCUT2D eigenvalue weighted by Crippen LogP contribution is -2.33.